The molecule has 2 unspecified atom stereocenters. The number of benzene rings is 1. The molecule has 1 rings (SSSR count). The van der Waals surface area contributed by atoms with Gasteiger partial charge < -0.3 is 9.47 Å². The highest BCUT2D eigenvalue weighted by Gasteiger charge is 2.28. The summed E-state index contributed by atoms with van der Waals surface area (Å²) >= 11 is 6.07. The van der Waals surface area contributed by atoms with Gasteiger partial charge in [0, 0.05) is 17.2 Å². The van der Waals surface area contributed by atoms with E-state index in [-0.39, 0.29) is 12.1 Å². The molecule has 1 aromatic rings. The lowest BCUT2D eigenvalue weighted by molar-refractivity contribution is 0.00226. The molecule has 19 heavy (non-hydrogen) atoms. The zero-order chi connectivity index (χ0) is 14.4. The van der Waals surface area contributed by atoms with Crippen molar-refractivity contribution in [3.05, 3.63) is 28.8 Å². The summed E-state index contributed by atoms with van der Waals surface area (Å²) in [5.41, 5.74) is 3.73. The number of rotatable bonds is 7. The summed E-state index contributed by atoms with van der Waals surface area (Å²) in [6, 6.07) is 5.32. The number of nitrogens with one attached hydrogen (secondary N) is 1. The van der Waals surface area contributed by atoms with E-state index in [1.807, 2.05) is 19.1 Å². The minimum atomic E-state index is -0.173. The summed E-state index contributed by atoms with van der Waals surface area (Å²) in [5, 5.41) is 0.648. The van der Waals surface area contributed by atoms with Gasteiger partial charge in [0.15, 0.2) is 0 Å². The van der Waals surface area contributed by atoms with Gasteiger partial charge in [-0.3, -0.25) is 11.3 Å². The van der Waals surface area contributed by atoms with Crippen LogP contribution in [0.1, 0.15) is 32.4 Å². The summed E-state index contributed by atoms with van der Waals surface area (Å²) < 4.78 is 11.2. The Morgan fingerprint density at radius 3 is 2.53 bits per heavy atom. The number of hydrazine groups is 1. The fraction of sp³-hybridized carbons (Fsp3) is 0.571. The number of halogens is 1. The number of nitrogens with two attached hydrogens (primary N) is 1. The highest BCUT2D eigenvalue weighted by molar-refractivity contribution is 6.30. The predicted molar refractivity (Wildman–Crippen MR) is 78.3 cm³/mol. The third-order valence-corrected chi connectivity index (χ3v) is 3.29. The van der Waals surface area contributed by atoms with Crippen LogP contribution in [-0.4, -0.2) is 19.8 Å². The van der Waals surface area contributed by atoms with Gasteiger partial charge in [0.25, 0.3) is 0 Å². The van der Waals surface area contributed by atoms with Crippen molar-refractivity contribution in [1.82, 2.24) is 5.43 Å². The minimum Gasteiger partial charge on any atom is -0.496 e. The third kappa shape index (κ3) is 4.08. The second-order valence-electron chi connectivity index (χ2n) is 4.69. The molecular weight excluding hydrogens is 264 g/mol. The van der Waals surface area contributed by atoms with Gasteiger partial charge in [-0.15, -0.1) is 0 Å². The van der Waals surface area contributed by atoms with Crippen LogP contribution < -0.4 is 16.0 Å². The fourth-order valence-electron chi connectivity index (χ4n) is 2.18. The van der Waals surface area contributed by atoms with Crippen LogP contribution in [0.5, 0.6) is 5.75 Å². The first-order valence-corrected chi connectivity index (χ1v) is 6.84. The predicted octanol–water partition coefficient (Wildman–Crippen LogP) is 2.91. The molecule has 0 saturated carbocycles. The van der Waals surface area contributed by atoms with Crippen LogP contribution in [0.4, 0.5) is 0 Å². The third-order valence-electron chi connectivity index (χ3n) is 3.05. The Bertz CT molecular complexity index is 399. The van der Waals surface area contributed by atoms with E-state index in [9.17, 15) is 0 Å². The van der Waals surface area contributed by atoms with Crippen LogP contribution >= 0.6 is 11.6 Å². The second kappa shape index (κ2) is 7.70. The Kier molecular flexibility index (Phi) is 6.58. The number of ether oxygens (including phenoxy) is 2. The second-order valence-corrected chi connectivity index (χ2v) is 5.13. The molecule has 5 heteroatoms. The molecule has 4 nitrogen and oxygen atoms in total. The average molecular weight is 287 g/mol. The Balaban J connectivity index is 3.16. The van der Waals surface area contributed by atoms with E-state index in [1.54, 1.807) is 13.2 Å². The zero-order valence-corrected chi connectivity index (χ0v) is 12.7. The fourth-order valence-corrected chi connectivity index (χ4v) is 2.36. The Hall–Kier alpha value is -0.810. The van der Waals surface area contributed by atoms with Crippen LogP contribution in [0.2, 0.25) is 5.02 Å². The van der Waals surface area contributed by atoms with E-state index >= 15 is 0 Å². The summed E-state index contributed by atoms with van der Waals surface area (Å²) in [5.74, 6) is 6.78. The van der Waals surface area contributed by atoms with E-state index in [2.05, 4.69) is 19.3 Å². The Morgan fingerprint density at radius 1 is 1.37 bits per heavy atom. The van der Waals surface area contributed by atoms with Crippen molar-refractivity contribution in [1.29, 1.82) is 0 Å². The molecule has 3 N–H and O–H groups in total. The molecular formula is C14H23ClN2O2. The van der Waals surface area contributed by atoms with Crippen molar-refractivity contribution in [3.8, 4) is 5.75 Å². The first-order chi connectivity index (χ1) is 9.04. The van der Waals surface area contributed by atoms with Crippen LogP contribution in [-0.2, 0) is 4.74 Å². The smallest absolute Gasteiger partial charge is 0.123 e. The molecule has 0 aromatic heterocycles. The van der Waals surface area contributed by atoms with Crippen molar-refractivity contribution < 1.29 is 9.47 Å². The maximum absolute atomic E-state index is 6.07. The van der Waals surface area contributed by atoms with Gasteiger partial charge in [0.2, 0.25) is 0 Å². The van der Waals surface area contributed by atoms with Gasteiger partial charge in [-0.2, -0.15) is 0 Å². The normalized spacial score (nSPS) is 14.5. The van der Waals surface area contributed by atoms with Gasteiger partial charge in [0.1, 0.15) is 5.75 Å². The topological polar surface area (TPSA) is 56.5 Å². The highest BCUT2D eigenvalue weighted by Crippen LogP contribution is 2.33. The Morgan fingerprint density at radius 2 is 2.05 bits per heavy atom. The lowest BCUT2D eigenvalue weighted by atomic mass is 9.93. The monoisotopic (exact) mass is 286 g/mol. The summed E-state index contributed by atoms with van der Waals surface area (Å²) in [6.45, 7) is 6.80. The van der Waals surface area contributed by atoms with Crippen LogP contribution in [0.25, 0.3) is 0 Å². The molecule has 0 heterocycles. The van der Waals surface area contributed by atoms with Crippen LogP contribution in [0.15, 0.2) is 18.2 Å². The van der Waals surface area contributed by atoms with Crippen molar-refractivity contribution in [2.45, 2.75) is 32.9 Å². The molecule has 0 aliphatic carbocycles. The molecule has 0 aliphatic heterocycles. The SMILES string of the molecule is CCOC(C(C)C)C(NN)c1cc(Cl)ccc1OC. The molecule has 0 bridgehead atoms. The molecule has 0 aliphatic rings. The molecule has 1 aromatic carbocycles. The van der Waals surface area contributed by atoms with Crippen molar-refractivity contribution in [3.63, 3.8) is 0 Å². The maximum Gasteiger partial charge on any atom is 0.123 e. The largest absolute Gasteiger partial charge is 0.496 e. The van der Waals surface area contributed by atoms with E-state index < -0.39 is 0 Å². The van der Waals surface area contributed by atoms with Crippen LogP contribution in [0.3, 0.4) is 0 Å². The molecule has 0 radical (unpaired) electrons. The van der Waals surface area contributed by atoms with E-state index in [0.717, 1.165) is 11.3 Å². The van der Waals surface area contributed by atoms with Gasteiger partial charge in [-0.1, -0.05) is 25.4 Å². The van der Waals surface area contributed by atoms with Gasteiger partial charge in [-0.25, -0.2) is 0 Å². The highest BCUT2D eigenvalue weighted by atomic mass is 35.5. The number of hydrogen-bond donors (Lipinski definition) is 2. The first-order valence-electron chi connectivity index (χ1n) is 6.46. The summed E-state index contributed by atoms with van der Waals surface area (Å²) in [7, 11) is 1.63. The number of hydrogen-bond acceptors (Lipinski definition) is 4. The lowest BCUT2D eigenvalue weighted by Crippen LogP contribution is -2.41. The number of methoxy groups -OCH3 is 1. The zero-order valence-electron chi connectivity index (χ0n) is 11.9. The van der Waals surface area contributed by atoms with E-state index in [4.69, 9.17) is 26.9 Å². The molecule has 0 fully saturated rings. The quantitative estimate of drug-likeness (QED) is 0.598. The lowest BCUT2D eigenvalue weighted by Gasteiger charge is -2.30. The summed E-state index contributed by atoms with van der Waals surface area (Å²) in [6.07, 6.45) is -0.0534. The first kappa shape index (κ1) is 16.2. The van der Waals surface area contributed by atoms with Crippen molar-refractivity contribution in [2.24, 2.45) is 11.8 Å². The van der Waals surface area contributed by atoms with Gasteiger partial charge in [0.05, 0.1) is 19.3 Å². The summed E-state index contributed by atoms with van der Waals surface area (Å²) in [4.78, 5) is 0. The van der Waals surface area contributed by atoms with E-state index in [0.29, 0.717) is 17.5 Å². The molecule has 2 atom stereocenters. The standard InChI is InChI=1S/C14H23ClN2O2/c1-5-19-14(9(2)3)13(17-16)11-8-10(15)6-7-12(11)18-4/h6-9,13-14,17H,5,16H2,1-4H3. The molecule has 0 spiro atoms. The van der Waals surface area contributed by atoms with Gasteiger partial charge in [-0.05, 0) is 31.0 Å². The maximum atomic E-state index is 6.07. The van der Waals surface area contributed by atoms with Crippen LogP contribution in [0, 0.1) is 5.92 Å². The van der Waals surface area contributed by atoms with E-state index in [1.165, 1.54) is 0 Å². The Labute approximate surface area is 120 Å². The van der Waals surface area contributed by atoms with Crippen molar-refractivity contribution >= 4 is 11.6 Å². The molecule has 0 saturated heterocycles. The van der Waals surface area contributed by atoms with Crippen molar-refractivity contribution in [2.75, 3.05) is 13.7 Å². The van der Waals surface area contributed by atoms with Gasteiger partial charge >= 0.3 is 0 Å². The minimum absolute atomic E-state index is 0.0534. The average Bonchev–Trinajstić information content (AvgIpc) is 2.38. The molecule has 108 valence electrons. The molecule has 0 amide bonds.